The van der Waals surface area contributed by atoms with E-state index in [0.29, 0.717) is 13.1 Å². The van der Waals surface area contributed by atoms with Crippen molar-refractivity contribution < 1.29 is 13.9 Å². The Kier molecular flexibility index (Phi) is 9.08. The summed E-state index contributed by atoms with van der Waals surface area (Å²) in [5.41, 5.74) is 2.78. The van der Waals surface area contributed by atoms with Crippen LogP contribution in [-0.4, -0.2) is 66.8 Å². The van der Waals surface area contributed by atoms with Gasteiger partial charge in [-0.1, -0.05) is 49.4 Å². The highest BCUT2D eigenvalue weighted by atomic mass is 19.1. The molecular weight excluding hydrogens is 456 g/mol. The van der Waals surface area contributed by atoms with Gasteiger partial charge in [0.2, 0.25) is 0 Å². The normalized spacial score (nSPS) is 16.1. The van der Waals surface area contributed by atoms with Crippen LogP contribution in [0, 0.1) is 11.6 Å². The van der Waals surface area contributed by atoms with Crippen LogP contribution < -0.4 is 5.32 Å². The number of β-amino-alcohol motifs (C(OH)–C–C–N with tert-alkyl or cyclic N) is 1. The fraction of sp³-hybridized carbons (Fsp3) is 0.400. The summed E-state index contributed by atoms with van der Waals surface area (Å²) >= 11 is 0. The van der Waals surface area contributed by atoms with Crippen LogP contribution in [0.2, 0.25) is 0 Å². The molecule has 2 N–H and O–H groups in total. The first-order valence-corrected chi connectivity index (χ1v) is 12.9. The number of rotatable bonds is 11. The van der Waals surface area contributed by atoms with E-state index in [0.717, 1.165) is 62.4 Å². The zero-order valence-corrected chi connectivity index (χ0v) is 21.0. The highest BCUT2D eigenvalue weighted by Gasteiger charge is 2.29. The molecule has 0 aromatic heterocycles. The van der Waals surface area contributed by atoms with Crippen molar-refractivity contribution in [3.8, 4) is 0 Å². The van der Waals surface area contributed by atoms with E-state index in [1.54, 1.807) is 0 Å². The van der Waals surface area contributed by atoms with Crippen LogP contribution in [0.15, 0.2) is 78.9 Å². The van der Waals surface area contributed by atoms with E-state index in [2.05, 4.69) is 22.0 Å². The number of aliphatic hydroxyl groups is 1. The van der Waals surface area contributed by atoms with Crippen LogP contribution in [0.1, 0.15) is 30.9 Å². The highest BCUT2D eigenvalue weighted by molar-refractivity contribution is 5.42. The zero-order valence-electron chi connectivity index (χ0n) is 21.0. The van der Waals surface area contributed by atoms with Crippen molar-refractivity contribution in [1.29, 1.82) is 0 Å². The van der Waals surface area contributed by atoms with Crippen LogP contribution in [0.5, 0.6) is 0 Å². The molecule has 4 nitrogen and oxygen atoms in total. The topological polar surface area (TPSA) is 38.7 Å². The van der Waals surface area contributed by atoms with Gasteiger partial charge in [-0.15, -0.1) is 0 Å². The molecule has 3 aromatic rings. The molecule has 0 amide bonds. The molecule has 6 heteroatoms. The molecule has 1 unspecified atom stereocenters. The number of halogens is 2. The lowest BCUT2D eigenvalue weighted by atomic mass is 9.73. The van der Waals surface area contributed by atoms with Crippen LogP contribution >= 0.6 is 0 Å². The standard InChI is InChI=1S/C30H37F2N3O/c1-30(24-8-12-26(31)13-9-24,25-10-14-27(32)15-11-25)16-5-17-34-18-20-35(21-19-34)23-29(36)22-33-28-6-3-2-4-7-28/h2-4,6-15,29,33,36H,5,16-23H2,1H3. The average molecular weight is 494 g/mol. The number of benzene rings is 3. The monoisotopic (exact) mass is 493 g/mol. The molecular formula is C30H37F2N3O. The maximum atomic E-state index is 13.6. The number of para-hydroxylation sites is 1. The summed E-state index contributed by atoms with van der Waals surface area (Å²) in [6.07, 6.45) is 1.45. The fourth-order valence-electron chi connectivity index (χ4n) is 5.10. The van der Waals surface area contributed by atoms with Crippen molar-refractivity contribution >= 4 is 5.69 Å². The first kappa shape index (κ1) is 26.3. The minimum absolute atomic E-state index is 0.251. The smallest absolute Gasteiger partial charge is 0.123 e. The molecule has 1 aliphatic rings. The summed E-state index contributed by atoms with van der Waals surface area (Å²) in [5.74, 6) is -0.502. The van der Waals surface area contributed by atoms with Crippen molar-refractivity contribution in [2.24, 2.45) is 0 Å². The Labute approximate surface area is 213 Å². The fourth-order valence-corrected chi connectivity index (χ4v) is 5.10. The Morgan fingerprint density at radius 2 is 1.33 bits per heavy atom. The van der Waals surface area contributed by atoms with E-state index in [9.17, 15) is 13.9 Å². The molecule has 0 radical (unpaired) electrons. The van der Waals surface area contributed by atoms with Crippen LogP contribution in [-0.2, 0) is 5.41 Å². The van der Waals surface area contributed by atoms with Gasteiger partial charge in [0.1, 0.15) is 11.6 Å². The molecule has 192 valence electrons. The third kappa shape index (κ3) is 7.12. The number of nitrogens with zero attached hydrogens (tertiary/aromatic N) is 2. The Balaban J connectivity index is 1.25. The van der Waals surface area contributed by atoms with Crippen LogP contribution in [0.3, 0.4) is 0 Å². The summed E-state index contributed by atoms with van der Waals surface area (Å²) in [4.78, 5) is 4.80. The van der Waals surface area contributed by atoms with Crippen molar-refractivity contribution in [2.45, 2.75) is 31.3 Å². The number of anilines is 1. The third-order valence-corrected chi connectivity index (χ3v) is 7.36. The minimum atomic E-state index is -0.413. The van der Waals surface area contributed by atoms with Gasteiger partial charge in [0.15, 0.2) is 0 Å². The quantitative estimate of drug-likeness (QED) is 0.388. The number of nitrogens with one attached hydrogen (secondary N) is 1. The zero-order chi connectivity index (χ0) is 25.4. The largest absolute Gasteiger partial charge is 0.390 e. The van der Waals surface area contributed by atoms with E-state index >= 15 is 0 Å². The lowest BCUT2D eigenvalue weighted by Gasteiger charge is -2.37. The first-order chi connectivity index (χ1) is 17.4. The Hall–Kier alpha value is -2.80. The van der Waals surface area contributed by atoms with Crippen molar-refractivity contribution in [1.82, 2.24) is 9.80 Å². The third-order valence-electron chi connectivity index (χ3n) is 7.36. The number of hydrogen-bond acceptors (Lipinski definition) is 4. The SMILES string of the molecule is CC(CCCN1CCN(CC(O)CNc2ccccc2)CC1)(c1ccc(F)cc1)c1ccc(F)cc1. The van der Waals surface area contributed by atoms with Gasteiger partial charge in [0.05, 0.1) is 6.10 Å². The maximum Gasteiger partial charge on any atom is 0.123 e. The molecule has 1 heterocycles. The molecule has 0 saturated carbocycles. The second-order valence-electron chi connectivity index (χ2n) is 9.99. The molecule has 1 aliphatic heterocycles. The summed E-state index contributed by atoms with van der Waals surface area (Å²) < 4.78 is 27.2. The first-order valence-electron chi connectivity index (χ1n) is 12.9. The van der Waals surface area contributed by atoms with Crippen LogP contribution in [0.4, 0.5) is 14.5 Å². The highest BCUT2D eigenvalue weighted by Crippen LogP contribution is 2.36. The van der Waals surface area contributed by atoms with E-state index in [1.165, 1.54) is 24.3 Å². The summed E-state index contributed by atoms with van der Waals surface area (Å²) in [5, 5.41) is 13.7. The predicted octanol–water partition coefficient (Wildman–Crippen LogP) is 5.14. The van der Waals surface area contributed by atoms with Gasteiger partial charge >= 0.3 is 0 Å². The lowest BCUT2D eigenvalue weighted by Crippen LogP contribution is -2.49. The Morgan fingerprint density at radius 3 is 1.89 bits per heavy atom. The van der Waals surface area contributed by atoms with E-state index in [-0.39, 0.29) is 17.0 Å². The summed E-state index contributed by atoms with van der Waals surface area (Å²) in [7, 11) is 0. The van der Waals surface area contributed by atoms with Gasteiger partial charge in [0, 0.05) is 50.4 Å². The molecule has 1 fully saturated rings. The second kappa shape index (κ2) is 12.4. The molecule has 4 rings (SSSR count). The average Bonchev–Trinajstić information content (AvgIpc) is 2.90. The molecule has 3 aromatic carbocycles. The molecule has 36 heavy (non-hydrogen) atoms. The van der Waals surface area contributed by atoms with E-state index in [1.807, 2.05) is 54.6 Å². The summed E-state index contributed by atoms with van der Waals surface area (Å²) in [6, 6.07) is 23.3. The molecule has 0 spiro atoms. The van der Waals surface area contributed by atoms with Gasteiger partial charge in [-0.05, 0) is 66.9 Å². The van der Waals surface area contributed by atoms with Gasteiger partial charge in [-0.3, -0.25) is 4.90 Å². The Bertz CT molecular complexity index is 1010. The van der Waals surface area contributed by atoms with E-state index in [4.69, 9.17) is 0 Å². The van der Waals surface area contributed by atoms with E-state index < -0.39 is 6.10 Å². The lowest BCUT2D eigenvalue weighted by molar-refractivity contribution is 0.0772. The van der Waals surface area contributed by atoms with Gasteiger partial charge < -0.3 is 15.3 Å². The van der Waals surface area contributed by atoms with Gasteiger partial charge in [-0.2, -0.15) is 0 Å². The summed E-state index contributed by atoms with van der Waals surface area (Å²) in [6.45, 7) is 8.17. The number of piperazine rings is 1. The molecule has 1 atom stereocenters. The molecule has 1 saturated heterocycles. The molecule has 0 aliphatic carbocycles. The molecule has 0 bridgehead atoms. The Morgan fingerprint density at radius 1 is 0.806 bits per heavy atom. The van der Waals surface area contributed by atoms with Crippen molar-refractivity contribution in [3.05, 3.63) is 102 Å². The second-order valence-corrected chi connectivity index (χ2v) is 9.99. The maximum absolute atomic E-state index is 13.6. The van der Waals surface area contributed by atoms with Crippen molar-refractivity contribution in [3.63, 3.8) is 0 Å². The number of hydrogen-bond donors (Lipinski definition) is 2. The van der Waals surface area contributed by atoms with Gasteiger partial charge in [0.25, 0.3) is 0 Å². The minimum Gasteiger partial charge on any atom is -0.390 e. The van der Waals surface area contributed by atoms with Gasteiger partial charge in [-0.25, -0.2) is 8.78 Å². The van der Waals surface area contributed by atoms with Crippen molar-refractivity contribution in [2.75, 3.05) is 51.1 Å². The predicted molar refractivity (Wildman–Crippen MR) is 142 cm³/mol. The number of aliphatic hydroxyl groups excluding tert-OH is 1. The van der Waals surface area contributed by atoms with Crippen LogP contribution in [0.25, 0.3) is 0 Å².